The minimum Gasteiger partial charge on any atom is -0.326 e. The number of hydrogen-bond acceptors (Lipinski definition) is 5. The smallest absolute Gasteiger partial charge is 0.234 e. The van der Waals surface area contributed by atoms with Crippen molar-refractivity contribution in [3.05, 3.63) is 63.9 Å². The Bertz CT molecular complexity index is 1040. The molecule has 0 atom stereocenters. The molecule has 2 aromatic carbocycles. The molecule has 0 saturated carbocycles. The number of aromatic nitrogens is 3. The van der Waals surface area contributed by atoms with Crippen molar-refractivity contribution in [2.24, 2.45) is 0 Å². The minimum absolute atomic E-state index is 0.0971. The van der Waals surface area contributed by atoms with Gasteiger partial charge in [0.2, 0.25) is 11.8 Å². The zero-order valence-electron chi connectivity index (χ0n) is 16.1. The molecular formula is C20H19BrClN5O2S. The van der Waals surface area contributed by atoms with Crippen molar-refractivity contribution in [3.63, 3.8) is 0 Å². The normalized spacial score (nSPS) is 10.6. The number of thioether (sulfide) groups is 1. The first-order valence-electron chi connectivity index (χ1n) is 9.11. The molecule has 7 nitrogen and oxygen atoms in total. The number of para-hydroxylation sites is 1. The number of hydrogen-bond donors (Lipinski definition) is 2. The Labute approximate surface area is 191 Å². The summed E-state index contributed by atoms with van der Waals surface area (Å²) in [7, 11) is 0. The molecule has 0 aliphatic heterocycles. The van der Waals surface area contributed by atoms with Gasteiger partial charge in [0.1, 0.15) is 5.82 Å². The molecule has 0 fully saturated rings. The molecule has 0 bridgehead atoms. The van der Waals surface area contributed by atoms with Crippen LogP contribution in [0.4, 0.5) is 11.4 Å². The van der Waals surface area contributed by atoms with E-state index in [0.717, 1.165) is 10.2 Å². The van der Waals surface area contributed by atoms with Crippen LogP contribution in [-0.4, -0.2) is 32.3 Å². The molecule has 0 radical (unpaired) electrons. The molecule has 0 unspecified atom stereocenters. The monoisotopic (exact) mass is 507 g/mol. The van der Waals surface area contributed by atoms with Crippen LogP contribution in [0.15, 0.2) is 58.2 Å². The standard InChI is InChI=1S/C20H19BrClN5O2S/c1-2-27-17(11-18(28)23-13-6-4-3-5-7-13)25-26-20(27)30-12-19(29)24-14-8-9-15(21)16(22)10-14/h3-10H,2,11-12H2,1H3,(H,23,28)(H,24,29). The molecule has 2 amide bonds. The lowest BCUT2D eigenvalue weighted by Crippen LogP contribution is -2.18. The van der Waals surface area contributed by atoms with E-state index in [0.29, 0.717) is 28.2 Å². The van der Waals surface area contributed by atoms with Crippen LogP contribution >= 0.6 is 39.3 Å². The number of amides is 2. The van der Waals surface area contributed by atoms with Crippen molar-refractivity contribution in [2.75, 3.05) is 16.4 Å². The number of anilines is 2. The maximum Gasteiger partial charge on any atom is 0.234 e. The fraction of sp³-hybridized carbons (Fsp3) is 0.200. The summed E-state index contributed by atoms with van der Waals surface area (Å²) in [5, 5.41) is 15.0. The number of carbonyl (C=O) groups is 2. The lowest BCUT2D eigenvalue weighted by atomic mass is 10.3. The maximum atomic E-state index is 12.3. The highest BCUT2D eigenvalue weighted by Gasteiger charge is 2.16. The third kappa shape index (κ3) is 6.07. The van der Waals surface area contributed by atoms with Gasteiger partial charge in [-0.1, -0.05) is 41.6 Å². The average Bonchev–Trinajstić information content (AvgIpc) is 3.11. The molecule has 30 heavy (non-hydrogen) atoms. The third-order valence-corrected chi connectivity index (χ3v) is 6.22. The molecule has 0 aliphatic rings. The summed E-state index contributed by atoms with van der Waals surface area (Å²) in [6, 6.07) is 14.4. The van der Waals surface area contributed by atoms with Crippen LogP contribution in [0, 0.1) is 0 Å². The Morgan fingerprint density at radius 1 is 1.07 bits per heavy atom. The summed E-state index contributed by atoms with van der Waals surface area (Å²) in [5.41, 5.74) is 1.34. The van der Waals surface area contributed by atoms with Gasteiger partial charge in [-0.3, -0.25) is 9.59 Å². The van der Waals surface area contributed by atoms with E-state index in [9.17, 15) is 9.59 Å². The summed E-state index contributed by atoms with van der Waals surface area (Å²) >= 11 is 10.6. The van der Waals surface area contributed by atoms with Crippen molar-refractivity contribution in [2.45, 2.75) is 25.0 Å². The molecule has 2 N–H and O–H groups in total. The molecule has 3 aromatic rings. The number of carbonyl (C=O) groups excluding carboxylic acids is 2. The molecule has 1 heterocycles. The van der Waals surface area contributed by atoms with Crippen LogP contribution in [-0.2, 0) is 22.6 Å². The Balaban J connectivity index is 1.57. The molecule has 0 aliphatic carbocycles. The second kappa shape index (κ2) is 10.6. The van der Waals surface area contributed by atoms with E-state index in [1.54, 1.807) is 18.2 Å². The fourth-order valence-corrected chi connectivity index (χ4v) is 3.89. The predicted molar refractivity (Wildman–Crippen MR) is 123 cm³/mol. The highest BCUT2D eigenvalue weighted by molar-refractivity contribution is 9.10. The molecule has 0 spiro atoms. The second-order valence-electron chi connectivity index (χ2n) is 6.20. The predicted octanol–water partition coefficient (Wildman–Crippen LogP) is 4.63. The first-order chi connectivity index (χ1) is 14.5. The Morgan fingerprint density at radius 3 is 2.50 bits per heavy atom. The Hall–Kier alpha value is -2.36. The Morgan fingerprint density at radius 2 is 1.80 bits per heavy atom. The maximum absolute atomic E-state index is 12.3. The SMILES string of the molecule is CCn1c(CC(=O)Nc2ccccc2)nnc1SCC(=O)Nc1ccc(Br)c(Cl)c1. The molecule has 3 rings (SSSR count). The van der Waals surface area contributed by atoms with E-state index in [1.165, 1.54) is 11.8 Å². The van der Waals surface area contributed by atoms with Gasteiger partial charge in [0.25, 0.3) is 0 Å². The van der Waals surface area contributed by atoms with Gasteiger partial charge in [-0.15, -0.1) is 10.2 Å². The van der Waals surface area contributed by atoms with Crippen molar-refractivity contribution >= 4 is 62.5 Å². The van der Waals surface area contributed by atoms with Crippen LogP contribution in [0.25, 0.3) is 0 Å². The second-order valence-corrected chi connectivity index (χ2v) is 8.40. The van der Waals surface area contributed by atoms with Gasteiger partial charge in [-0.2, -0.15) is 0 Å². The quantitative estimate of drug-likeness (QED) is 0.433. The van der Waals surface area contributed by atoms with Gasteiger partial charge in [0.05, 0.1) is 17.2 Å². The van der Waals surface area contributed by atoms with Gasteiger partial charge >= 0.3 is 0 Å². The van der Waals surface area contributed by atoms with Crippen molar-refractivity contribution in [1.82, 2.24) is 14.8 Å². The zero-order valence-corrected chi connectivity index (χ0v) is 19.2. The van der Waals surface area contributed by atoms with Crippen LogP contribution in [0.1, 0.15) is 12.7 Å². The number of rotatable bonds is 8. The van der Waals surface area contributed by atoms with Crippen molar-refractivity contribution < 1.29 is 9.59 Å². The van der Waals surface area contributed by atoms with E-state index in [1.807, 2.05) is 41.8 Å². The summed E-state index contributed by atoms with van der Waals surface area (Å²) in [5.74, 6) is 0.341. The first-order valence-corrected chi connectivity index (χ1v) is 11.3. The minimum atomic E-state index is -0.188. The zero-order chi connectivity index (χ0) is 21.5. The highest BCUT2D eigenvalue weighted by Crippen LogP contribution is 2.26. The summed E-state index contributed by atoms with van der Waals surface area (Å²) in [6.07, 6.45) is 0.0971. The van der Waals surface area contributed by atoms with Crippen molar-refractivity contribution in [3.8, 4) is 0 Å². The first kappa shape index (κ1) is 22.3. The Kier molecular flexibility index (Phi) is 7.89. The van der Waals surface area contributed by atoms with Gasteiger partial charge < -0.3 is 15.2 Å². The summed E-state index contributed by atoms with van der Waals surface area (Å²) < 4.78 is 2.59. The van der Waals surface area contributed by atoms with Gasteiger partial charge in [0.15, 0.2) is 5.16 Å². The number of nitrogens with zero attached hydrogens (tertiary/aromatic N) is 3. The summed E-state index contributed by atoms with van der Waals surface area (Å²) in [4.78, 5) is 24.6. The van der Waals surface area contributed by atoms with E-state index in [-0.39, 0.29) is 24.0 Å². The number of halogens is 2. The largest absolute Gasteiger partial charge is 0.326 e. The van der Waals surface area contributed by atoms with Crippen LogP contribution in [0.3, 0.4) is 0 Å². The third-order valence-electron chi connectivity index (χ3n) is 4.02. The summed E-state index contributed by atoms with van der Waals surface area (Å²) in [6.45, 7) is 2.53. The highest BCUT2D eigenvalue weighted by atomic mass is 79.9. The molecule has 0 saturated heterocycles. The van der Waals surface area contributed by atoms with Gasteiger partial charge in [0, 0.05) is 22.4 Å². The van der Waals surface area contributed by atoms with Crippen LogP contribution < -0.4 is 10.6 Å². The van der Waals surface area contributed by atoms with E-state index >= 15 is 0 Å². The van der Waals surface area contributed by atoms with E-state index < -0.39 is 0 Å². The molecule has 10 heteroatoms. The number of nitrogens with one attached hydrogen (secondary N) is 2. The molecule has 156 valence electrons. The van der Waals surface area contributed by atoms with Gasteiger partial charge in [-0.05, 0) is 53.2 Å². The van der Waals surface area contributed by atoms with Crippen LogP contribution in [0.2, 0.25) is 5.02 Å². The van der Waals surface area contributed by atoms with Gasteiger partial charge in [-0.25, -0.2) is 0 Å². The fourth-order valence-electron chi connectivity index (χ4n) is 2.65. The van der Waals surface area contributed by atoms with E-state index in [4.69, 9.17) is 11.6 Å². The lowest BCUT2D eigenvalue weighted by molar-refractivity contribution is -0.116. The van der Waals surface area contributed by atoms with E-state index in [2.05, 4.69) is 36.8 Å². The van der Waals surface area contributed by atoms with Crippen LogP contribution in [0.5, 0.6) is 0 Å². The number of benzene rings is 2. The molecule has 1 aromatic heterocycles. The van der Waals surface area contributed by atoms with Crippen molar-refractivity contribution in [1.29, 1.82) is 0 Å². The lowest BCUT2D eigenvalue weighted by Gasteiger charge is -2.09. The molecular weight excluding hydrogens is 490 g/mol. The topological polar surface area (TPSA) is 88.9 Å². The average molecular weight is 509 g/mol.